The lowest BCUT2D eigenvalue weighted by molar-refractivity contribution is -0.387. The third-order valence-corrected chi connectivity index (χ3v) is 7.99. The van der Waals surface area contributed by atoms with E-state index in [-0.39, 0.29) is 46.2 Å². The Morgan fingerprint density at radius 1 is 1.05 bits per heavy atom. The number of carbonyl (C=O) groups excluding carboxylic acids is 3. The number of hydrogen-bond acceptors (Lipinski definition) is 10. The van der Waals surface area contributed by atoms with Gasteiger partial charge in [0.15, 0.2) is 5.78 Å². The minimum absolute atomic E-state index is 0.0914. The van der Waals surface area contributed by atoms with Gasteiger partial charge in [0.1, 0.15) is 10.9 Å². The fourth-order valence-electron chi connectivity index (χ4n) is 3.73. The summed E-state index contributed by atoms with van der Waals surface area (Å²) < 4.78 is 10.2. The quantitative estimate of drug-likeness (QED) is 0.0821. The molecule has 0 saturated heterocycles. The fourth-order valence-corrected chi connectivity index (χ4v) is 5.81. The van der Waals surface area contributed by atoms with Gasteiger partial charge in [-0.3, -0.25) is 14.9 Å². The van der Waals surface area contributed by atoms with E-state index in [9.17, 15) is 29.8 Å². The van der Waals surface area contributed by atoms with Crippen LogP contribution in [0, 0.1) is 35.3 Å². The number of nitrogens with zero attached hydrogens (tertiary/aromatic N) is 2. The van der Waals surface area contributed by atoms with Gasteiger partial charge in [-0.05, 0) is 63.1 Å². The minimum atomic E-state index is -0.686. The minimum Gasteiger partial charge on any atom is -0.462 e. The predicted molar refractivity (Wildman–Crippen MR) is 152 cm³/mol. The second kappa shape index (κ2) is 13.7. The van der Waals surface area contributed by atoms with Gasteiger partial charge in [-0.15, -0.1) is 11.3 Å². The van der Waals surface area contributed by atoms with Crippen molar-refractivity contribution in [3.63, 3.8) is 0 Å². The molecule has 3 rings (SSSR count). The monoisotopic (exact) mass is 578 g/mol. The Kier molecular flexibility index (Phi) is 10.4. The van der Waals surface area contributed by atoms with E-state index in [1.807, 2.05) is 37.3 Å². The smallest absolute Gasteiger partial charge is 0.348 e. The van der Waals surface area contributed by atoms with E-state index in [1.54, 1.807) is 32.9 Å². The highest BCUT2D eigenvalue weighted by Gasteiger charge is 2.28. The first-order valence-electron chi connectivity index (χ1n) is 12.2. The Hall–Kier alpha value is -4.27. The summed E-state index contributed by atoms with van der Waals surface area (Å²) in [5.41, 5.74) is 1.37. The number of Topliss-reactive ketones (excluding diaryl/α,β-unsaturated/α-hetero) is 1. The number of aryl methyl sites for hydroxylation is 1. The van der Waals surface area contributed by atoms with Crippen molar-refractivity contribution in [1.82, 2.24) is 0 Å². The molecule has 11 heteroatoms. The molecule has 0 amide bonds. The van der Waals surface area contributed by atoms with Gasteiger partial charge in [0, 0.05) is 22.3 Å². The van der Waals surface area contributed by atoms with E-state index < -0.39 is 22.6 Å². The molecule has 0 spiro atoms. The normalized spacial score (nSPS) is 11.0. The maximum absolute atomic E-state index is 13.2. The summed E-state index contributed by atoms with van der Waals surface area (Å²) in [7, 11) is 0. The molecule has 0 fully saturated rings. The lowest BCUT2D eigenvalue weighted by Crippen LogP contribution is -2.12. The highest BCUT2D eigenvalue weighted by Crippen LogP contribution is 2.36. The van der Waals surface area contributed by atoms with Gasteiger partial charge < -0.3 is 9.47 Å². The van der Waals surface area contributed by atoms with Crippen LogP contribution in [0.3, 0.4) is 0 Å². The number of ether oxygens (including phenoxy) is 2. The summed E-state index contributed by atoms with van der Waals surface area (Å²) in [6.45, 7) is 7.03. The fraction of sp³-hybridized carbons (Fsp3) is 0.241. The molecule has 0 atom stereocenters. The molecule has 1 heterocycles. The van der Waals surface area contributed by atoms with E-state index >= 15 is 0 Å². The summed E-state index contributed by atoms with van der Waals surface area (Å²) in [5.74, 6) is -1.93. The van der Waals surface area contributed by atoms with Crippen molar-refractivity contribution in [2.45, 2.75) is 43.9 Å². The molecule has 206 valence electrons. The molecule has 0 bridgehead atoms. The first kappa shape index (κ1) is 30.3. The van der Waals surface area contributed by atoms with Gasteiger partial charge in [-0.2, -0.15) is 5.26 Å². The van der Waals surface area contributed by atoms with Crippen molar-refractivity contribution in [3.05, 3.63) is 90.2 Å². The van der Waals surface area contributed by atoms with E-state index in [0.717, 1.165) is 21.8 Å². The Labute approximate surface area is 239 Å². The molecule has 0 aliphatic rings. The van der Waals surface area contributed by atoms with Crippen molar-refractivity contribution >= 4 is 52.6 Å². The highest BCUT2D eigenvalue weighted by molar-refractivity contribution is 7.99. The van der Waals surface area contributed by atoms with Gasteiger partial charge in [0.05, 0.1) is 34.2 Å². The number of esters is 2. The SMILES string of the molecule is CCOC(=O)c1sc(CC(=O)/C(C#N)=C\c2ccc(Sc3ccc(C)cc3)c([N+](=O)[O-])c2)c(C(=O)OCC)c1C. The molecule has 0 aliphatic carbocycles. The summed E-state index contributed by atoms with van der Waals surface area (Å²) in [5, 5.41) is 21.5. The summed E-state index contributed by atoms with van der Waals surface area (Å²) >= 11 is 2.17. The Morgan fingerprint density at radius 3 is 2.30 bits per heavy atom. The van der Waals surface area contributed by atoms with Crippen molar-refractivity contribution < 1.29 is 28.8 Å². The van der Waals surface area contributed by atoms with Crippen LogP contribution in [0.1, 0.15) is 55.4 Å². The maximum atomic E-state index is 13.2. The number of nitro groups is 1. The molecule has 1 aromatic heterocycles. The number of carbonyl (C=O) groups is 3. The molecule has 0 N–H and O–H groups in total. The number of allylic oxidation sites excluding steroid dienone is 1. The summed E-state index contributed by atoms with van der Waals surface area (Å²) in [4.78, 5) is 51.2. The van der Waals surface area contributed by atoms with Crippen LogP contribution in [0.15, 0.2) is 57.8 Å². The van der Waals surface area contributed by atoms with Crippen molar-refractivity contribution in [1.29, 1.82) is 5.26 Å². The molecule has 0 aliphatic heterocycles. The second-order valence-electron chi connectivity index (χ2n) is 8.46. The van der Waals surface area contributed by atoms with Crippen LogP contribution < -0.4 is 0 Å². The van der Waals surface area contributed by atoms with E-state index in [1.165, 1.54) is 23.9 Å². The van der Waals surface area contributed by atoms with Crippen molar-refractivity contribution in [2.24, 2.45) is 0 Å². The average Bonchev–Trinajstić information content (AvgIpc) is 3.24. The number of nitriles is 1. The van der Waals surface area contributed by atoms with Crippen LogP contribution in [0.2, 0.25) is 0 Å². The number of benzene rings is 2. The molecule has 40 heavy (non-hydrogen) atoms. The average molecular weight is 579 g/mol. The van der Waals surface area contributed by atoms with Crippen LogP contribution >= 0.6 is 23.1 Å². The summed E-state index contributed by atoms with van der Waals surface area (Å²) in [6.07, 6.45) is 0.925. The predicted octanol–water partition coefficient (Wildman–Crippen LogP) is 6.50. The third-order valence-electron chi connectivity index (χ3n) is 5.64. The molecule has 0 radical (unpaired) electrons. The lowest BCUT2D eigenvalue weighted by Gasteiger charge is -2.06. The second-order valence-corrected chi connectivity index (χ2v) is 10.7. The first-order valence-corrected chi connectivity index (χ1v) is 13.9. The van der Waals surface area contributed by atoms with Crippen LogP contribution in [0.25, 0.3) is 6.08 Å². The molecule has 3 aromatic rings. The Balaban J connectivity index is 1.94. The topological polar surface area (TPSA) is 137 Å². The molecular weight excluding hydrogens is 552 g/mol. The van der Waals surface area contributed by atoms with Gasteiger partial charge in [-0.25, -0.2) is 9.59 Å². The molecular formula is C29H26N2O7S2. The third kappa shape index (κ3) is 7.22. The molecule has 2 aromatic carbocycles. The maximum Gasteiger partial charge on any atom is 0.348 e. The number of ketones is 1. The van der Waals surface area contributed by atoms with Gasteiger partial charge in [-0.1, -0.05) is 35.5 Å². The van der Waals surface area contributed by atoms with Crippen LogP contribution in [-0.4, -0.2) is 35.9 Å². The molecule has 0 unspecified atom stereocenters. The largest absolute Gasteiger partial charge is 0.462 e. The van der Waals surface area contributed by atoms with Gasteiger partial charge in [0.2, 0.25) is 0 Å². The zero-order valence-corrected chi connectivity index (χ0v) is 23.9. The van der Waals surface area contributed by atoms with Crippen LogP contribution in [-0.2, 0) is 20.7 Å². The Bertz CT molecular complexity index is 1530. The van der Waals surface area contributed by atoms with Crippen molar-refractivity contribution in [3.8, 4) is 6.07 Å². The highest BCUT2D eigenvalue weighted by atomic mass is 32.2. The number of thiophene rings is 1. The summed E-state index contributed by atoms with van der Waals surface area (Å²) in [6, 6.07) is 13.9. The molecule has 9 nitrogen and oxygen atoms in total. The molecule has 0 saturated carbocycles. The van der Waals surface area contributed by atoms with Gasteiger partial charge in [0.25, 0.3) is 5.69 Å². The standard InChI is InChI=1S/C29H26N2O7S2/c1-5-37-28(33)26-18(4)27(29(34)38-6-2)40-25(26)15-23(32)20(16-30)13-19-9-12-24(22(14-19)31(35)36)39-21-10-7-17(3)8-11-21/h7-14H,5-6,15H2,1-4H3/b20-13-. The Morgan fingerprint density at radius 2 is 1.70 bits per heavy atom. The zero-order valence-electron chi connectivity index (χ0n) is 22.3. The van der Waals surface area contributed by atoms with Crippen molar-refractivity contribution in [2.75, 3.05) is 13.2 Å². The number of nitro benzene ring substituents is 1. The number of rotatable bonds is 11. The first-order chi connectivity index (χ1) is 19.1. The van der Waals surface area contributed by atoms with Crippen LogP contribution in [0.4, 0.5) is 5.69 Å². The zero-order chi connectivity index (χ0) is 29.4. The van der Waals surface area contributed by atoms with E-state index in [2.05, 4.69) is 0 Å². The van der Waals surface area contributed by atoms with Gasteiger partial charge >= 0.3 is 11.9 Å². The number of hydrogen-bond donors (Lipinski definition) is 0. The van der Waals surface area contributed by atoms with E-state index in [0.29, 0.717) is 16.0 Å². The lowest BCUT2D eigenvalue weighted by atomic mass is 10.0. The van der Waals surface area contributed by atoms with Crippen LogP contribution in [0.5, 0.6) is 0 Å². The van der Waals surface area contributed by atoms with E-state index in [4.69, 9.17) is 9.47 Å².